The molecule has 42 valence electrons. The van der Waals surface area contributed by atoms with Crippen LogP contribution in [-0.4, -0.2) is 11.5 Å². The Hall–Kier alpha value is 0.373. The predicted octanol–water partition coefficient (Wildman–Crippen LogP) is 0.946. The second-order valence-electron chi connectivity index (χ2n) is 0.468. The molecule has 0 amide bonds. The maximum atomic E-state index is 9.91. The van der Waals surface area contributed by atoms with Crippen LogP contribution >= 0.6 is 0 Å². The number of hydrogen-bond donors (Lipinski definition) is 1. The Labute approximate surface area is 52.3 Å². The van der Waals surface area contributed by atoms with Gasteiger partial charge in [0.25, 0.3) is 0 Å². The van der Waals surface area contributed by atoms with Crippen molar-refractivity contribution < 1.29 is 37.8 Å². The standard InChI is InChI=1S/CHF3O.CH3.Zn/c2-1(3,4)5;;/h5H;1H3;/q;-1;. The van der Waals surface area contributed by atoms with Crippen LogP contribution in [0.25, 0.3) is 0 Å². The predicted molar refractivity (Wildman–Crippen MR) is 14.7 cm³/mol. The minimum absolute atomic E-state index is 0. The molecule has 5 heteroatoms. The first-order chi connectivity index (χ1) is 2.00. The van der Waals surface area contributed by atoms with E-state index in [1.54, 1.807) is 0 Å². The van der Waals surface area contributed by atoms with Crippen molar-refractivity contribution in [1.29, 1.82) is 0 Å². The molecule has 0 saturated heterocycles. The quantitative estimate of drug-likeness (QED) is 0.420. The topological polar surface area (TPSA) is 20.2 Å². The zero-order valence-corrected chi connectivity index (χ0v) is 6.76. The van der Waals surface area contributed by atoms with E-state index in [0.29, 0.717) is 0 Å². The Morgan fingerprint density at radius 3 is 1.14 bits per heavy atom. The van der Waals surface area contributed by atoms with Crippen LogP contribution in [0.3, 0.4) is 0 Å². The molecule has 0 aromatic carbocycles. The van der Waals surface area contributed by atoms with Gasteiger partial charge < -0.3 is 12.5 Å². The second kappa shape index (κ2) is 4.53. The van der Waals surface area contributed by atoms with Crippen molar-refractivity contribution in [3.05, 3.63) is 7.43 Å². The third-order valence-corrected chi connectivity index (χ3v) is 0. The maximum absolute atomic E-state index is 9.91. The Balaban J connectivity index is -0.0000000800. The molecule has 0 bridgehead atoms. The Morgan fingerprint density at radius 2 is 1.14 bits per heavy atom. The molecule has 0 aromatic rings. The van der Waals surface area contributed by atoms with Gasteiger partial charge in [0.15, 0.2) is 0 Å². The van der Waals surface area contributed by atoms with E-state index in [4.69, 9.17) is 5.11 Å². The van der Waals surface area contributed by atoms with E-state index in [0.717, 1.165) is 0 Å². The average molecular weight is 166 g/mol. The summed E-state index contributed by atoms with van der Waals surface area (Å²) in [6.07, 6.45) is -5.00. The number of hydrogen-bond acceptors (Lipinski definition) is 1. The smallest absolute Gasteiger partial charge is 0.358 e. The minimum atomic E-state index is -5.00. The van der Waals surface area contributed by atoms with Gasteiger partial charge >= 0.3 is 6.36 Å². The first-order valence-electron chi connectivity index (χ1n) is 0.791. The van der Waals surface area contributed by atoms with Gasteiger partial charge in [-0.3, -0.25) is 0 Å². The maximum Gasteiger partial charge on any atom is 0.519 e. The van der Waals surface area contributed by atoms with Gasteiger partial charge in [-0.05, 0) is 0 Å². The fourth-order valence-corrected chi connectivity index (χ4v) is 0. The molecular formula is C2H4F3OZn-. The molecule has 0 spiro atoms. The Kier molecular flexibility index (Phi) is 10.1. The normalized spacial score (nSPS) is 8.57. The van der Waals surface area contributed by atoms with Gasteiger partial charge in [-0.1, -0.05) is 0 Å². The first-order valence-corrected chi connectivity index (χ1v) is 0.791. The van der Waals surface area contributed by atoms with Crippen molar-refractivity contribution in [2.45, 2.75) is 6.36 Å². The molecule has 7 heavy (non-hydrogen) atoms. The molecular weight excluding hydrogens is 162 g/mol. The molecule has 0 heterocycles. The zero-order valence-electron chi connectivity index (χ0n) is 3.79. The first kappa shape index (κ1) is 15.7. The third kappa shape index (κ3) is 874. The number of alkyl halides is 3. The summed E-state index contributed by atoms with van der Waals surface area (Å²) < 4.78 is 29.7. The Bertz CT molecular complexity index is 28.4. The van der Waals surface area contributed by atoms with Gasteiger partial charge in [0.05, 0.1) is 0 Å². The van der Waals surface area contributed by atoms with E-state index < -0.39 is 6.36 Å². The van der Waals surface area contributed by atoms with Crippen LogP contribution in [-0.2, 0) is 19.5 Å². The summed E-state index contributed by atoms with van der Waals surface area (Å²) in [6, 6.07) is 0. The van der Waals surface area contributed by atoms with Crippen LogP contribution in [0, 0.1) is 7.43 Å². The van der Waals surface area contributed by atoms with Crippen molar-refractivity contribution in [2.75, 3.05) is 0 Å². The number of halogens is 3. The summed E-state index contributed by atoms with van der Waals surface area (Å²) in [6.45, 7) is 0. The fraction of sp³-hybridized carbons (Fsp3) is 0.500. The van der Waals surface area contributed by atoms with Crippen molar-refractivity contribution >= 4 is 0 Å². The molecule has 0 atom stereocenters. The number of aliphatic hydroxyl groups is 1. The molecule has 0 saturated carbocycles. The SMILES string of the molecule is OC(F)(F)F.[CH3-].[Zn]. The van der Waals surface area contributed by atoms with E-state index in [2.05, 4.69) is 0 Å². The van der Waals surface area contributed by atoms with Crippen LogP contribution in [0.4, 0.5) is 13.2 Å². The van der Waals surface area contributed by atoms with Gasteiger partial charge in [-0.25, -0.2) is 0 Å². The van der Waals surface area contributed by atoms with Crippen LogP contribution in [0.5, 0.6) is 0 Å². The molecule has 0 aliphatic carbocycles. The van der Waals surface area contributed by atoms with Crippen LogP contribution in [0.2, 0.25) is 0 Å². The molecule has 0 unspecified atom stereocenters. The minimum Gasteiger partial charge on any atom is -0.358 e. The third-order valence-electron chi connectivity index (χ3n) is 0. The molecule has 0 aromatic heterocycles. The van der Waals surface area contributed by atoms with Crippen molar-refractivity contribution in [1.82, 2.24) is 0 Å². The molecule has 0 fully saturated rings. The summed E-state index contributed by atoms with van der Waals surface area (Å²) in [5.41, 5.74) is 0. The van der Waals surface area contributed by atoms with Gasteiger partial charge in [-0.15, -0.1) is 13.2 Å². The zero-order chi connectivity index (χ0) is 4.50. The van der Waals surface area contributed by atoms with E-state index >= 15 is 0 Å². The summed E-state index contributed by atoms with van der Waals surface area (Å²) in [4.78, 5) is 0. The van der Waals surface area contributed by atoms with Gasteiger partial charge in [0.1, 0.15) is 0 Å². The van der Waals surface area contributed by atoms with Gasteiger partial charge in [0, 0.05) is 19.5 Å². The summed E-state index contributed by atoms with van der Waals surface area (Å²) in [7, 11) is 0. The van der Waals surface area contributed by atoms with Crippen molar-refractivity contribution in [2.24, 2.45) is 0 Å². The van der Waals surface area contributed by atoms with E-state index in [9.17, 15) is 13.2 Å². The van der Waals surface area contributed by atoms with Crippen molar-refractivity contribution in [3.8, 4) is 0 Å². The monoisotopic (exact) mass is 165 g/mol. The van der Waals surface area contributed by atoms with E-state index in [1.807, 2.05) is 0 Å². The second-order valence-corrected chi connectivity index (χ2v) is 0.468. The van der Waals surface area contributed by atoms with Crippen LogP contribution in [0.15, 0.2) is 0 Å². The van der Waals surface area contributed by atoms with Gasteiger partial charge in [0.2, 0.25) is 0 Å². The van der Waals surface area contributed by atoms with Crippen molar-refractivity contribution in [3.63, 3.8) is 0 Å². The summed E-state index contributed by atoms with van der Waals surface area (Å²) in [5, 5.41) is 6.52. The molecule has 0 radical (unpaired) electrons. The van der Waals surface area contributed by atoms with Crippen LogP contribution in [0.1, 0.15) is 0 Å². The Morgan fingerprint density at radius 1 is 1.14 bits per heavy atom. The summed E-state index contributed by atoms with van der Waals surface area (Å²) >= 11 is 0. The molecule has 0 aliphatic heterocycles. The summed E-state index contributed by atoms with van der Waals surface area (Å²) in [5.74, 6) is 0. The largest absolute Gasteiger partial charge is 0.519 e. The fourth-order valence-electron chi connectivity index (χ4n) is 0. The molecule has 0 rings (SSSR count). The van der Waals surface area contributed by atoms with Crippen LogP contribution < -0.4 is 0 Å². The number of rotatable bonds is 0. The van der Waals surface area contributed by atoms with E-state index in [1.165, 1.54) is 0 Å². The molecule has 1 N–H and O–H groups in total. The molecule has 0 aliphatic rings. The van der Waals surface area contributed by atoms with Gasteiger partial charge in [-0.2, -0.15) is 0 Å². The average Bonchev–Trinajstić information content (AvgIpc) is 0.722. The van der Waals surface area contributed by atoms with E-state index in [-0.39, 0.29) is 26.9 Å². The molecule has 1 nitrogen and oxygen atoms in total.